The smallest absolute Gasteiger partial charge is 0.410 e. The topological polar surface area (TPSA) is 53.3 Å². The highest BCUT2D eigenvalue weighted by molar-refractivity contribution is 5.70. The molecule has 1 aliphatic heterocycles. The van der Waals surface area contributed by atoms with E-state index in [2.05, 4.69) is 6.07 Å². The summed E-state index contributed by atoms with van der Waals surface area (Å²) in [6, 6.07) is 9.22. The molecule has 16 heavy (non-hydrogen) atoms. The molecule has 0 unspecified atom stereocenters. The zero-order valence-corrected chi connectivity index (χ0v) is 9.18. The minimum atomic E-state index is -0.320. The molecule has 1 heterocycles. The zero-order chi connectivity index (χ0) is 11.7. The first-order chi connectivity index (χ1) is 7.63. The highest BCUT2D eigenvalue weighted by Gasteiger charge is 2.37. The molecule has 4 nitrogen and oxygen atoms in total. The third kappa shape index (κ3) is 1.61. The van der Waals surface area contributed by atoms with Crippen LogP contribution >= 0.6 is 0 Å². The van der Waals surface area contributed by atoms with E-state index in [1.807, 2.05) is 13.0 Å². The van der Waals surface area contributed by atoms with Crippen LogP contribution in [0.5, 0.6) is 0 Å². The van der Waals surface area contributed by atoms with Crippen LogP contribution in [0.4, 0.5) is 4.79 Å². The second kappa shape index (κ2) is 3.86. The number of hydrogen-bond acceptors (Lipinski definition) is 3. The molecule has 1 saturated heterocycles. The summed E-state index contributed by atoms with van der Waals surface area (Å²) in [6.45, 7) is 1.93. The lowest BCUT2D eigenvalue weighted by Crippen LogP contribution is -2.27. The van der Waals surface area contributed by atoms with E-state index in [1.165, 1.54) is 0 Å². The lowest BCUT2D eigenvalue weighted by Gasteiger charge is -2.16. The maximum atomic E-state index is 11.4. The number of benzene rings is 1. The van der Waals surface area contributed by atoms with Crippen LogP contribution in [-0.4, -0.2) is 24.1 Å². The monoisotopic (exact) mass is 216 g/mol. The number of amides is 1. The van der Waals surface area contributed by atoms with Gasteiger partial charge in [-0.2, -0.15) is 5.26 Å². The quantitative estimate of drug-likeness (QED) is 0.722. The lowest BCUT2D eigenvalue weighted by atomic mass is 10.0. The molecule has 82 valence electrons. The number of carbonyl (C=O) groups is 1. The standard InChI is InChI=1S/C12H12N2O2/c1-8-11(16-12(15)14(8)2)10-5-3-4-9(6-10)7-13/h3-6,8,11H,1-2H3/t8-,11-/m0/s1. The molecule has 1 aliphatic rings. The molecule has 0 radical (unpaired) electrons. The van der Waals surface area contributed by atoms with Gasteiger partial charge in [-0.05, 0) is 24.6 Å². The fourth-order valence-electron chi connectivity index (χ4n) is 1.79. The fraction of sp³-hybridized carbons (Fsp3) is 0.333. The van der Waals surface area contributed by atoms with Gasteiger partial charge in [-0.25, -0.2) is 4.79 Å². The van der Waals surface area contributed by atoms with Gasteiger partial charge in [0.05, 0.1) is 17.7 Å². The summed E-state index contributed by atoms with van der Waals surface area (Å²) in [5.74, 6) is 0. The SMILES string of the molecule is C[C@H]1[C@@H](c2cccc(C#N)c2)OC(=O)N1C. The van der Waals surface area contributed by atoms with E-state index in [1.54, 1.807) is 30.1 Å². The molecular formula is C12H12N2O2. The van der Waals surface area contributed by atoms with Crippen LogP contribution in [-0.2, 0) is 4.74 Å². The van der Waals surface area contributed by atoms with Crippen LogP contribution in [0.3, 0.4) is 0 Å². The molecule has 2 rings (SSSR count). The average Bonchev–Trinajstić information content (AvgIpc) is 2.57. The third-order valence-corrected chi connectivity index (χ3v) is 2.91. The van der Waals surface area contributed by atoms with Crippen LogP contribution in [0.2, 0.25) is 0 Å². The number of carbonyl (C=O) groups excluding carboxylic acids is 1. The Morgan fingerprint density at radius 2 is 2.25 bits per heavy atom. The average molecular weight is 216 g/mol. The molecular weight excluding hydrogens is 204 g/mol. The summed E-state index contributed by atoms with van der Waals surface area (Å²) in [4.78, 5) is 12.9. The Hall–Kier alpha value is -2.02. The molecule has 0 aliphatic carbocycles. The van der Waals surface area contributed by atoms with E-state index in [9.17, 15) is 4.79 Å². The molecule has 1 aromatic rings. The van der Waals surface area contributed by atoms with Crippen LogP contribution in [0.25, 0.3) is 0 Å². The Bertz CT molecular complexity index is 464. The second-order valence-electron chi connectivity index (χ2n) is 3.89. The van der Waals surface area contributed by atoms with Crippen molar-refractivity contribution in [3.05, 3.63) is 35.4 Å². The van der Waals surface area contributed by atoms with Crippen molar-refractivity contribution in [3.63, 3.8) is 0 Å². The van der Waals surface area contributed by atoms with E-state index in [0.29, 0.717) is 5.56 Å². The summed E-state index contributed by atoms with van der Waals surface area (Å²) in [5.41, 5.74) is 1.44. The number of nitrogens with zero attached hydrogens (tertiary/aromatic N) is 2. The summed E-state index contributed by atoms with van der Waals surface area (Å²) in [7, 11) is 1.71. The van der Waals surface area contributed by atoms with Gasteiger partial charge in [0, 0.05) is 7.05 Å². The van der Waals surface area contributed by atoms with Crippen molar-refractivity contribution in [1.29, 1.82) is 5.26 Å². The minimum Gasteiger partial charge on any atom is -0.439 e. The maximum Gasteiger partial charge on any atom is 0.410 e. The summed E-state index contributed by atoms with van der Waals surface area (Å²) < 4.78 is 5.25. The minimum absolute atomic E-state index is 0.0126. The van der Waals surface area contributed by atoms with Gasteiger partial charge in [-0.1, -0.05) is 12.1 Å². The summed E-state index contributed by atoms with van der Waals surface area (Å²) >= 11 is 0. The van der Waals surface area contributed by atoms with Crippen LogP contribution in [0.1, 0.15) is 24.2 Å². The number of likely N-dealkylation sites (N-methyl/N-ethyl adjacent to an activating group) is 1. The highest BCUT2D eigenvalue weighted by atomic mass is 16.6. The van der Waals surface area contributed by atoms with E-state index in [0.717, 1.165) is 5.56 Å². The van der Waals surface area contributed by atoms with Gasteiger partial charge in [-0.15, -0.1) is 0 Å². The number of rotatable bonds is 1. The summed E-state index contributed by atoms with van der Waals surface area (Å²) in [6.07, 6.45) is -0.606. The molecule has 1 fully saturated rings. The predicted octanol–water partition coefficient (Wildman–Crippen LogP) is 2.07. The van der Waals surface area contributed by atoms with Gasteiger partial charge in [0.1, 0.15) is 6.10 Å². The van der Waals surface area contributed by atoms with Gasteiger partial charge in [0.15, 0.2) is 0 Å². The van der Waals surface area contributed by atoms with Crippen molar-refractivity contribution in [2.45, 2.75) is 19.1 Å². The normalized spacial score (nSPS) is 24.1. The molecule has 0 spiro atoms. The van der Waals surface area contributed by atoms with Crippen molar-refractivity contribution in [1.82, 2.24) is 4.90 Å². The maximum absolute atomic E-state index is 11.4. The first kappa shape index (κ1) is 10.5. The fourth-order valence-corrected chi connectivity index (χ4v) is 1.79. The van der Waals surface area contributed by atoms with E-state index in [-0.39, 0.29) is 18.2 Å². The zero-order valence-electron chi connectivity index (χ0n) is 9.18. The largest absolute Gasteiger partial charge is 0.439 e. The van der Waals surface area contributed by atoms with Gasteiger partial charge in [-0.3, -0.25) is 0 Å². The highest BCUT2D eigenvalue weighted by Crippen LogP contribution is 2.31. The second-order valence-corrected chi connectivity index (χ2v) is 3.89. The third-order valence-electron chi connectivity index (χ3n) is 2.91. The number of cyclic esters (lactones) is 1. The Morgan fingerprint density at radius 3 is 2.81 bits per heavy atom. The molecule has 1 aromatic carbocycles. The van der Waals surface area contributed by atoms with Crippen molar-refractivity contribution in [2.75, 3.05) is 7.05 Å². The van der Waals surface area contributed by atoms with E-state index >= 15 is 0 Å². The van der Waals surface area contributed by atoms with Crippen molar-refractivity contribution < 1.29 is 9.53 Å². The molecule has 0 bridgehead atoms. The Balaban J connectivity index is 2.32. The lowest BCUT2D eigenvalue weighted by molar-refractivity contribution is 0.131. The molecule has 0 saturated carbocycles. The Kier molecular flexibility index (Phi) is 2.53. The predicted molar refractivity (Wildman–Crippen MR) is 57.6 cm³/mol. The van der Waals surface area contributed by atoms with Crippen LogP contribution in [0, 0.1) is 11.3 Å². The molecule has 4 heteroatoms. The number of ether oxygens (including phenoxy) is 1. The Morgan fingerprint density at radius 1 is 1.50 bits per heavy atom. The van der Waals surface area contributed by atoms with Crippen LogP contribution < -0.4 is 0 Å². The van der Waals surface area contributed by atoms with Crippen LogP contribution in [0.15, 0.2) is 24.3 Å². The summed E-state index contributed by atoms with van der Waals surface area (Å²) in [5, 5.41) is 8.81. The molecule has 0 N–H and O–H groups in total. The Labute approximate surface area is 94.0 Å². The van der Waals surface area contributed by atoms with Crippen molar-refractivity contribution in [3.8, 4) is 6.07 Å². The number of hydrogen-bond donors (Lipinski definition) is 0. The van der Waals surface area contributed by atoms with Gasteiger partial charge in [0.25, 0.3) is 0 Å². The molecule has 2 atom stereocenters. The number of nitriles is 1. The van der Waals surface area contributed by atoms with Crippen molar-refractivity contribution in [2.24, 2.45) is 0 Å². The molecule has 1 amide bonds. The molecule has 0 aromatic heterocycles. The van der Waals surface area contributed by atoms with E-state index in [4.69, 9.17) is 10.00 Å². The van der Waals surface area contributed by atoms with E-state index < -0.39 is 0 Å². The van der Waals surface area contributed by atoms with Crippen molar-refractivity contribution >= 4 is 6.09 Å². The first-order valence-electron chi connectivity index (χ1n) is 5.07. The van der Waals surface area contributed by atoms with Gasteiger partial charge < -0.3 is 9.64 Å². The first-order valence-corrected chi connectivity index (χ1v) is 5.07. The van der Waals surface area contributed by atoms with Gasteiger partial charge >= 0.3 is 6.09 Å². The van der Waals surface area contributed by atoms with Gasteiger partial charge in [0.2, 0.25) is 0 Å².